The molecule has 23 heteroatoms. The number of nitrogens with one attached hydrogen (secondary N) is 1. The van der Waals surface area contributed by atoms with Gasteiger partial charge in [-0.25, -0.2) is 9.48 Å². The van der Waals surface area contributed by atoms with Crippen molar-refractivity contribution >= 4 is 42.1 Å². The zero-order valence-corrected chi connectivity index (χ0v) is 48.2. The van der Waals surface area contributed by atoms with Crippen LogP contribution in [0.15, 0.2) is 42.5 Å². The lowest BCUT2D eigenvalue weighted by molar-refractivity contribution is -0.163. The third kappa shape index (κ3) is 15.5. The summed E-state index contributed by atoms with van der Waals surface area (Å²) in [7, 11) is 8.64. The van der Waals surface area contributed by atoms with E-state index in [9.17, 15) is 48.9 Å². The molecular formula is C58H84N10O13. The molecule has 5 aliphatic rings. The fraction of sp³-hybridized carbons (Fsp3) is 0.621. The van der Waals surface area contributed by atoms with Crippen molar-refractivity contribution in [2.24, 2.45) is 23.7 Å². The van der Waals surface area contributed by atoms with Crippen LogP contribution in [0.3, 0.4) is 0 Å². The van der Waals surface area contributed by atoms with Crippen molar-refractivity contribution in [2.45, 2.75) is 70.3 Å². The summed E-state index contributed by atoms with van der Waals surface area (Å²) in [5, 5.41) is 37.9. The van der Waals surface area contributed by atoms with Gasteiger partial charge in [-0.1, -0.05) is 19.9 Å². The Hall–Kier alpha value is -6.66. The fourth-order valence-corrected chi connectivity index (χ4v) is 12.8. The average molecular weight is 1130 g/mol. The lowest BCUT2D eigenvalue weighted by Crippen LogP contribution is -2.70. The normalized spacial score (nSPS) is 21.9. The van der Waals surface area contributed by atoms with Crippen LogP contribution in [0.4, 0.5) is 0 Å². The van der Waals surface area contributed by atoms with Gasteiger partial charge < -0.3 is 49.5 Å². The summed E-state index contributed by atoms with van der Waals surface area (Å²) in [5.74, 6) is -2.27. The third-order valence-corrected chi connectivity index (χ3v) is 17.0. The van der Waals surface area contributed by atoms with Gasteiger partial charge in [-0.15, -0.1) is 0 Å². The maximum Gasteiger partial charge on any atom is 0.330 e. The Bertz CT molecular complexity index is 2650. The zero-order chi connectivity index (χ0) is 58.5. The van der Waals surface area contributed by atoms with Crippen molar-refractivity contribution in [3.8, 4) is 28.4 Å². The Labute approximate surface area is 475 Å². The molecule has 4 saturated carbocycles. The van der Waals surface area contributed by atoms with Gasteiger partial charge in [-0.05, 0) is 137 Å². The van der Waals surface area contributed by atoms with Gasteiger partial charge in [0, 0.05) is 85.1 Å². The molecule has 23 nitrogen and oxygen atoms in total. The number of carbonyl (C=O) groups is 7. The predicted octanol–water partition coefficient (Wildman–Crippen LogP) is 3.45. The summed E-state index contributed by atoms with van der Waals surface area (Å²) >= 11 is 0. The largest absolute Gasteiger partial charge is 0.496 e. The van der Waals surface area contributed by atoms with Gasteiger partial charge in [0.25, 0.3) is 18.3 Å². The first-order valence-corrected chi connectivity index (χ1v) is 28.3. The maximum absolute atomic E-state index is 14.5. The summed E-state index contributed by atoms with van der Waals surface area (Å²) in [6, 6.07) is 12.5. The van der Waals surface area contributed by atoms with Gasteiger partial charge in [0.2, 0.25) is 5.91 Å². The highest BCUT2D eigenvalue weighted by Gasteiger charge is 2.62. The van der Waals surface area contributed by atoms with Gasteiger partial charge in [-0.2, -0.15) is 5.10 Å². The lowest BCUT2D eigenvalue weighted by Gasteiger charge is -2.59. The standard InChI is InChI=1S/C58H84N10O13/c1-39(2)45-32-42(13-14-47(45)68-48(54-49(79-6)11-8-12-50(54)80-7)33-46(60-68)55(75)59-58(57(77)78)43-28-40-27-41(30-43)31-44(58)29-40)56(76)63(5)18-10-16-61(3)15-9-17-62(4)51(70)34-64-19-20-65(35-52(71)72)21-22-66(36-53(73)74)24-26-67(25-23-64)37-81-38-69/h8,11-14,32-33,38-41,43-44H,9-10,15-31,34-37H2,1-7H3,(H,59,75)(H,71,72)(H,73,74)(H,77,78). The van der Waals surface area contributed by atoms with Crippen LogP contribution in [0.1, 0.15) is 91.1 Å². The number of aromatic nitrogens is 2. The van der Waals surface area contributed by atoms with E-state index in [0.29, 0.717) is 144 Å². The molecule has 0 radical (unpaired) electrons. The van der Waals surface area contributed by atoms with Crippen molar-refractivity contribution in [3.63, 3.8) is 0 Å². The molecule has 4 N–H and O–H groups in total. The van der Waals surface area contributed by atoms with Gasteiger partial charge in [0.1, 0.15) is 23.8 Å². The van der Waals surface area contributed by atoms with Crippen molar-refractivity contribution in [1.82, 2.24) is 49.4 Å². The summed E-state index contributed by atoms with van der Waals surface area (Å²) in [6.07, 6.45) is 5.66. The molecule has 1 saturated heterocycles. The highest BCUT2D eigenvalue weighted by atomic mass is 16.5. The Morgan fingerprint density at radius 1 is 0.704 bits per heavy atom. The quantitative estimate of drug-likeness (QED) is 0.0839. The van der Waals surface area contributed by atoms with Crippen LogP contribution in [0.5, 0.6) is 11.5 Å². The van der Waals surface area contributed by atoms with Crippen LogP contribution in [-0.2, 0) is 28.7 Å². The van der Waals surface area contributed by atoms with Crippen molar-refractivity contribution in [3.05, 3.63) is 59.3 Å². The zero-order valence-electron chi connectivity index (χ0n) is 48.2. The number of carboxylic acid groups (broad SMARTS) is 3. The van der Waals surface area contributed by atoms with E-state index in [1.54, 1.807) is 82.9 Å². The molecule has 0 atom stereocenters. The number of rotatable bonds is 26. The molecule has 2 aromatic carbocycles. The molecule has 81 heavy (non-hydrogen) atoms. The topological polar surface area (TPSA) is 260 Å². The number of hydrogen-bond donors (Lipinski definition) is 4. The van der Waals surface area contributed by atoms with E-state index in [0.717, 1.165) is 37.7 Å². The van der Waals surface area contributed by atoms with Crippen molar-refractivity contribution in [2.75, 3.05) is 140 Å². The molecule has 3 amide bonds. The van der Waals surface area contributed by atoms with Gasteiger partial charge in [-0.3, -0.25) is 48.4 Å². The summed E-state index contributed by atoms with van der Waals surface area (Å²) in [4.78, 5) is 103. The van der Waals surface area contributed by atoms with E-state index < -0.39 is 29.4 Å². The van der Waals surface area contributed by atoms with E-state index in [4.69, 9.17) is 19.3 Å². The van der Waals surface area contributed by atoms with Gasteiger partial charge in [0.05, 0.1) is 50.8 Å². The SMILES string of the molecule is COc1cccc(OC)c1-c1cc(C(=O)NC2(C(=O)O)C3CC4CC(C3)CC2C4)nn1-c1ccc(C(=O)N(C)CCCN(C)CCCN(C)C(=O)CN2CCN(COC=O)CCN(CC(=O)O)CCN(CC(=O)O)CC2)cc1C(C)C. The number of benzene rings is 2. The molecule has 444 valence electrons. The second kappa shape index (κ2) is 28.4. The molecule has 1 aromatic heterocycles. The highest BCUT2D eigenvalue weighted by molar-refractivity contribution is 5.98. The highest BCUT2D eigenvalue weighted by Crippen LogP contribution is 2.58. The first kappa shape index (κ1) is 61.9. The van der Waals surface area contributed by atoms with Crippen molar-refractivity contribution in [1.29, 1.82) is 0 Å². The van der Waals surface area contributed by atoms with Crippen molar-refractivity contribution < 1.29 is 63.1 Å². The number of hydrogen-bond acceptors (Lipinski definition) is 16. The first-order chi connectivity index (χ1) is 38.7. The summed E-state index contributed by atoms with van der Waals surface area (Å²) < 4.78 is 18.4. The molecule has 4 bridgehead atoms. The minimum Gasteiger partial charge on any atom is -0.496 e. The molecular weight excluding hydrogens is 1040 g/mol. The fourth-order valence-electron chi connectivity index (χ4n) is 12.8. The predicted molar refractivity (Wildman–Crippen MR) is 301 cm³/mol. The average Bonchev–Trinajstić information content (AvgIpc) is 4.02. The third-order valence-electron chi connectivity index (χ3n) is 17.0. The molecule has 8 rings (SSSR count). The lowest BCUT2D eigenvalue weighted by atomic mass is 9.48. The number of aliphatic carboxylic acids is 3. The molecule has 1 aliphatic heterocycles. The van der Waals surface area contributed by atoms with Crippen LogP contribution in [-0.4, -0.2) is 247 Å². The second-order valence-corrected chi connectivity index (χ2v) is 22.9. The van der Waals surface area contributed by atoms with Gasteiger partial charge in [0.15, 0.2) is 5.69 Å². The Morgan fingerprint density at radius 3 is 1.72 bits per heavy atom. The van der Waals surface area contributed by atoms with Crippen LogP contribution >= 0.6 is 0 Å². The molecule has 0 spiro atoms. The van der Waals surface area contributed by atoms with Gasteiger partial charge >= 0.3 is 17.9 Å². The first-order valence-electron chi connectivity index (χ1n) is 28.3. The Morgan fingerprint density at radius 2 is 1.22 bits per heavy atom. The van der Waals surface area contributed by atoms with Crippen LogP contribution < -0.4 is 14.8 Å². The van der Waals surface area contributed by atoms with Crippen LogP contribution in [0, 0.1) is 23.7 Å². The number of carboxylic acids is 3. The minimum atomic E-state index is -1.38. The van der Waals surface area contributed by atoms with E-state index in [2.05, 4.69) is 10.2 Å². The summed E-state index contributed by atoms with van der Waals surface area (Å²) in [5.41, 5.74) is 1.62. The van der Waals surface area contributed by atoms with Crippen LogP contribution in [0.2, 0.25) is 0 Å². The Kier molecular flexibility index (Phi) is 21.7. The van der Waals surface area contributed by atoms with Crippen LogP contribution in [0.25, 0.3) is 16.9 Å². The minimum absolute atomic E-state index is 0.00945. The molecule has 5 fully saturated rings. The number of ether oxygens (including phenoxy) is 3. The molecule has 2 heterocycles. The number of amides is 3. The number of nitrogens with zero attached hydrogens (tertiary/aromatic N) is 9. The number of methoxy groups -OCH3 is 2. The summed E-state index contributed by atoms with van der Waals surface area (Å²) in [6.45, 7) is 9.49. The maximum atomic E-state index is 14.5. The molecule has 0 unspecified atom stereocenters. The van der Waals surface area contributed by atoms with E-state index in [1.165, 1.54) is 0 Å². The molecule has 3 aromatic rings. The monoisotopic (exact) mass is 1130 g/mol. The number of likely N-dealkylation sites (N-methyl/N-ethyl adjacent to an activating group) is 1. The number of carbonyl (C=O) groups excluding carboxylic acids is 4. The van der Waals surface area contributed by atoms with E-state index >= 15 is 0 Å². The smallest absolute Gasteiger partial charge is 0.330 e. The van der Waals surface area contributed by atoms with E-state index in [1.807, 2.05) is 42.8 Å². The Balaban J connectivity index is 0.962. The second-order valence-electron chi connectivity index (χ2n) is 22.9. The van der Waals surface area contributed by atoms with E-state index in [-0.39, 0.29) is 61.6 Å². The molecule has 4 aliphatic carbocycles.